The molecule has 2 aromatic heterocycles. The van der Waals surface area contributed by atoms with Crippen molar-refractivity contribution in [2.45, 2.75) is 42.7 Å². The van der Waals surface area contributed by atoms with Gasteiger partial charge < -0.3 is 20.3 Å². The summed E-state index contributed by atoms with van der Waals surface area (Å²) in [5, 5.41) is 21.9. The summed E-state index contributed by atoms with van der Waals surface area (Å²) in [6.45, 7) is 0.161. The maximum Gasteiger partial charge on any atom is 0.389 e. The second-order valence-corrected chi connectivity index (χ2v) is 8.16. The number of thioether (sulfide) groups is 1. The Kier molecular flexibility index (Phi) is 7.14. The van der Waals surface area contributed by atoms with Crippen molar-refractivity contribution < 1.29 is 28.1 Å². The zero-order valence-corrected chi connectivity index (χ0v) is 17.2. The number of aromatic nitrogens is 4. The van der Waals surface area contributed by atoms with E-state index in [0.717, 1.165) is 5.75 Å². The lowest BCUT2D eigenvalue weighted by Gasteiger charge is -2.17. The molecule has 0 radical (unpaired) electrons. The van der Waals surface area contributed by atoms with E-state index in [9.17, 15) is 23.4 Å². The minimum atomic E-state index is -4.33. The van der Waals surface area contributed by atoms with E-state index in [1.807, 2.05) is 6.26 Å². The highest BCUT2D eigenvalue weighted by Crippen LogP contribution is 2.35. The van der Waals surface area contributed by atoms with Gasteiger partial charge in [-0.1, -0.05) is 0 Å². The molecule has 0 unspecified atom stereocenters. The maximum atomic E-state index is 12.7. The average molecular weight is 454 g/mol. The van der Waals surface area contributed by atoms with E-state index in [1.165, 1.54) is 10.9 Å². The Bertz CT molecular complexity index is 838. The first-order valence-electron chi connectivity index (χ1n) is 8.90. The van der Waals surface area contributed by atoms with Crippen LogP contribution >= 0.6 is 24.4 Å². The number of rotatable bonds is 8. The molecule has 0 saturated carbocycles. The second kappa shape index (κ2) is 9.25. The standard InChI is InChI=1S/C16H22F3N5O3S2/c1-29-5-4-20-13-10-14(23-9(22-13)2-3-16(17,18)19)24(7-21-10)15-12(28)11(26)8(6-25)27-15/h7-8,11-12,15,25-26,28H,2-6H2,1H3,(H,20,22,23)/t8-,11-,12-,15-/m1/s1. The molecular weight excluding hydrogens is 431 g/mol. The van der Waals surface area contributed by atoms with Gasteiger partial charge in [-0.05, 0) is 6.26 Å². The van der Waals surface area contributed by atoms with E-state index in [-0.39, 0.29) is 17.9 Å². The number of hydrogen-bond acceptors (Lipinski definition) is 9. The molecule has 0 aliphatic carbocycles. The second-order valence-electron chi connectivity index (χ2n) is 6.58. The molecule has 3 heterocycles. The Morgan fingerprint density at radius 1 is 1.38 bits per heavy atom. The molecule has 8 nitrogen and oxygen atoms in total. The molecular formula is C16H22F3N5O3S2. The van der Waals surface area contributed by atoms with Gasteiger partial charge in [0.05, 0.1) is 30.7 Å². The normalized spacial score (nSPS) is 25.1. The number of hydrogen-bond donors (Lipinski definition) is 4. The Balaban J connectivity index is 1.98. The molecule has 0 aromatic carbocycles. The third kappa shape index (κ3) is 5.08. The summed E-state index contributed by atoms with van der Waals surface area (Å²) in [6, 6.07) is 0. The van der Waals surface area contributed by atoms with Crippen LogP contribution < -0.4 is 5.32 Å². The number of imidazole rings is 1. The van der Waals surface area contributed by atoms with Gasteiger partial charge in [-0.2, -0.15) is 37.6 Å². The van der Waals surface area contributed by atoms with E-state index in [0.29, 0.717) is 17.9 Å². The average Bonchev–Trinajstić information content (AvgIpc) is 3.21. The van der Waals surface area contributed by atoms with Crippen LogP contribution in [0.25, 0.3) is 11.2 Å². The first-order chi connectivity index (χ1) is 13.7. The fourth-order valence-corrected chi connectivity index (χ4v) is 3.73. The number of fused-ring (bicyclic) bond motifs is 1. The number of nitrogens with zero attached hydrogens (tertiary/aromatic N) is 4. The third-order valence-corrected chi connectivity index (χ3v) is 5.66. The van der Waals surface area contributed by atoms with E-state index < -0.39 is 42.9 Å². The minimum Gasteiger partial charge on any atom is -0.394 e. The summed E-state index contributed by atoms with van der Waals surface area (Å²) in [7, 11) is 0. The van der Waals surface area contributed by atoms with Gasteiger partial charge in [0, 0.05) is 18.7 Å². The van der Waals surface area contributed by atoms with Crippen molar-refractivity contribution in [1.29, 1.82) is 0 Å². The zero-order valence-electron chi connectivity index (χ0n) is 15.5. The molecule has 29 heavy (non-hydrogen) atoms. The lowest BCUT2D eigenvalue weighted by atomic mass is 10.2. The van der Waals surface area contributed by atoms with Gasteiger partial charge in [-0.3, -0.25) is 4.57 Å². The lowest BCUT2D eigenvalue weighted by molar-refractivity contribution is -0.134. The SMILES string of the molecule is CSCCNc1nc(CCC(F)(F)F)nc2c1ncn2[C@@H]1O[C@H](CO)[C@@H](O)[C@H]1S. The number of alkyl halides is 3. The molecule has 0 bridgehead atoms. The van der Waals surface area contributed by atoms with Crippen LogP contribution in [0.2, 0.25) is 0 Å². The van der Waals surface area contributed by atoms with Gasteiger partial charge in [0.1, 0.15) is 11.9 Å². The van der Waals surface area contributed by atoms with Crippen LogP contribution in [0.15, 0.2) is 6.33 Å². The fraction of sp³-hybridized carbons (Fsp3) is 0.688. The molecule has 3 rings (SSSR count). The predicted octanol–water partition coefficient (Wildman–Crippen LogP) is 1.65. The van der Waals surface area contributed by atoms with Crippen molar-refractivity contribution in [3.63, 3.8) is 0 Å². The van der Waals surface area contributed by atoms with E-state index in [2.05, 4.69) is 32.9 Å². The summed E-state index contributed by atoms with van der Waals surface area (Å²) >= 11 is 5.97. The highest BCUT2D eigenvalue weighted by atomic mass is 32.2. The van der Waals surface area contributed by atoms with Gasteiger partial charge in [0.25, 0.3) is 0 Å². The molecule has 1 saturated heterocycles. The Labute approximate surface area is 174 Å². The topological polar surface area (TPSA) is 105 Å². The molecule has 3 N–H and O–H groups in total. The van der Waals surface area contributed by atoms with Gasteiger partial charge in [-0.25, -0.2) is 15.0 Å². The first kappa shape index (κ1) is 22.4. The van der Waals surface area contributed by atoms with Crippen molar-refractivity contribution in [1.82, 2.24) is 19.5 Å². The number of thiol groups is 1. The van der Waals surface area contributed by atoms with Crippen LogP contribution in [0.4, 0.5) is 19.0 Å². The number of aliphatic hydroxyl groups is 2. The van der Waals surface area contributed by atoms with Crippen LogP contribution in [0, 0.1) is 0 Å². The predicted molar refractivity (Wildman–Crippen MR) is 106 cm³/mol. The largest absolute Gasteiger partial charge is 0.394 e. The molecule has 13 heteroatoms. The number of nitrogens with one attached hydrogen (secondary N) is 1. The maximum absolute atomic E-state index is 12.7. The molecule has 162 valence electrons. The van der Waals surface area contributed by atoms with Gasteiger partial charge in [0.15, 0.2) is 23.2 Å². The summed E-state index contributed by atoms with van der Waals surface area (Å²) in [4.78, 5) is 12.8. The van der Waals surface area contributed by atoms with Crippen LogP contribution in [-0.2, 0) is 11.2 Å². The number of ether oxygens (including phenoxy) is 1. The van der Waals surface area contributed by atoms with Crippen LogP contribution in [0.3, 0.4) is 0 Å². The first-order valence-corrected chi connectivity index (χ1v) is 10.8. The summed E-state index contributed by atoms with van der Waals surface area (Å²) in [5.41, 5.74) is 0.659. The highest BCUT2D eigenvalue weighted by Gasteiger charge is 2.43. The van der Waals surface area contributed by atoms with E-state index in [1.54, 1.807) is 11.8 Å². The van der Waals surface area contributed by atoms with Crippen molar-refractivity contribution in [2.75, 3.05) is 30.5 Å². The monoisotopic (exact) mass is 453 g/mol. The van der Waals surface area contributed by atoms with Crippen molar-refractivity contribution >= 4 is 41.4 Å². The molecule has 1 aliphatic heterocycles. The van der Waals surface area contributed by atoms with Gasteiger partial charge in [-0.15, -0.1) is 0 Å². The van der Waals surface area contributed by atoms with Crippen LogP contribution in [-0.4, -0.2) is 78.5 Å². The lowest BCUT2D eigenvalue weighted by Crippen LogP contribution is -2.30. The van der Waals surface area contributed by atoms with Crippen LogP contribution in [0.5, 0.6) is 0 Å². The van der Waals surface area contributed by atoms with Gasteiger partial charge >= 0.3 is 6.18 Å². The summed E-state index contributed by atoms with van der Waals surface area (Å²) in [6.07, 6.45) is -5.02. The third-order valence-electron chi connectivity index (χ3n) is 4.49. The molecule has 0 amide bonds. The number of aliphatic hydroxyl groups excluding tert-OH is 2. The Morgan fingerprint density at radius 3 is 2.76 bits per heavy atom. The van der Waals surface area contributed by atoms with Gasteiger partial charge in [0.2, 0.25) is 0 Å². The van der Waals surface area contributed by atoms with E-state index in [4.69, 9.17) is 4.74 Å². The number of aryl methyl sites for hydroxylation is 1. The molecule has 1 fully saturated rings. The van der Waals surface area contributed by atoms with Crippen molar-refractivity contribution in [3.05, 3.63) is 12.2 Å². The van der Waals surface area contributed by atoms with Crippen molar-refractivity contribution in [3.8, 4) is 0 Å². The quantitative estimate of drug-likeness (QED) is 0.353. The molecule has 1 aliphatic rings. The summed E-state index contributed by atoms with van der Waals surface area (Å²) < 4.78 is 45.2. The van der Waals surface area contributed by atoms with Crippen molar-refractivity contribution in [2.24, 2.45) is 0 Å². The highest BCUT2D eigenvalue weighted by molar-refractivity contribution is 7.98. The Hall–Kier alpha value is -1.28. The molecule has 2 aromatic rings. The van der Waals surface area contributed by atoms with E-state index >= 15 is 0 Å². The molecule has 0 spiro atoms. The Morgan fingerprint density at radius 2 is 2.14 bits per heavy atom. The number of halogens is 3. The fourth-order valence-electron chi connectivity index (χ4n) is 3.02. The number of anilines is 1. The molecule has 4 atom stereocenters. The zero-order chi connectivity index (χ0) is 21.2. The minimum absolute atomic E-state index is 0.0243. The smallest absolute Gasteiger partial charge is 0.389 e. The van der Waals surface area contributed by atoms with Crippen LogP contribution in [0.1, 0.15) is 18.5 Å². The summed E-state index contributed by atoms with van der Waals surface area (Å²) in [5.74, 6) is 1.14.